The van der Waals surface area contributed by atoms with E-state index in [9.17, 15) is 13.2 Å². The van der Waals surface area contributed by atoms with Crippen molar-refractivity contribution in [3.63, 3.8) is 0 Å². The van der Waals surface area contributed by atoms with E-state index in [1.807, 2.05) is 13.0 Å². The van der Waals surface area contributed by atoms with Crippen LogP contribution in [0, 0.1) is 6.92 Å². The highest BCUT2D eigenvalue weighted by Crippen LogP contribution is 2.30. The van der Waals surface area contributed by atoms with Crippen molar-refractivity contribution in [1.29, 1.82) is 0 Å². The molecule has 6 heteroatoms. The lowest BCUT2D eigenvalue weighted by molar-refractivity contribution is 0.103. The van der Waals surface area contributed by atoms with Crippen LogP contribution in [0.25, 0.3) is 0 Å². The molecule has 0 aliphatic carbocycles. The molecule has 1 atom stereocenters. The maximum absolute atomic E-state index is 13.4. The number of unbranched alkanes of at least 4 members (excludes halogenated alkanes) is 3. The molecule has 0 spiro atoms. The number of carbonyl (C=O) groups is 1. The van der Waals surface area contributed by atoms with Gasteiger partial charge in [-0.05, 0) is 49.7 Å². The number of aryl methyl sites for hydroxylation is 1. The number of carbonyl (C=O) groups excluding carboxylic acids is 1. The van der Waals surface area contributed by atoms with Gasteiger partial charge in [0.05, 0.1) is 12.0 Å². The summed E-state index contributed by atoms with van der Waals surface area (Å²) in [4.78, 5) is 13.4. The minimum absolute atomic E-state index is 0.0967. The second-order valence-corrected chi connectivity index (χ2v) is 9.92. The van der Waals surface area contributed by atoms with Crippen molar-refractivity contribution in [3.8, 4) is 5.75 Å². The highest BCUT2D eigenvalue weighted by atomic mass is 32.2. The van der Waals surface area contributed by atoms with Gasteiger partial charge in [-0.2, -0.15) is 4.31 Å². The SMILES string of the molecule is CCCCCCC1C=C(C(=O)c2ccc(OC)cc2)CN1S(=O)(=O)c1ccc(C)cc1. The maximum Gasteiger partial charge on any atom is 0.243 e. The van der Waals surface area contributed by atoms with E-state index in [1.165, 1.54) is 4.31 Å². The van der Waals surface area contributed by atoms with Gasteiger partial charge in [-0.25, -0.2) is 8.42 Å². The van der Waals surface area contributed by atoms with Gasteiger partial charge in [0.25, 0.3) is 0 Å². The molecule has 2 aromatic carbocycles. The molecular formula is C25H31NO4S. The van der Waals surface area contributed by atoms with E-state index in [4.69, 9.17) is 4.74 Å². The standard InChI is InChI=1S/C25H31NO4S/c1-4-5-6-7-8-22-17-21(25(27)20-11-13-23(30-3)14-12-20)18-26(22)31(28,29)24-15-9-19(2)10-16-24/h9-17,22H,4-8,18H2,1-3H3. The maximum atomic E-state index is 13.4. The molecule has 1 aliphatic rings. The third-order valence-electron chi connectivity index (χ3n) is 5.71. The molecule has 2 aromatic rings. The molecule has 1 unspecified atom stereocenters. The fraction of sp³-hybridized carbons (Fsp3) is 0.400. The topological polar surface area (TPSA) is 63.7 Å². The van der Waals surface area contributed by atoms with Crippen molar-refractivity contribution in [2.45, 2.75) is 56.9 Å². The number of benzene rings is 2. The Morgan fingerprint density at radius 1 is 1.03 bits per heavy atom. The van der Waals surface area contributed by atoms with Crippen LogP contribution in [0.3, 0.4) is 0 Å². The lowest BCUT2D eigenvalue weighted by Crippen LogP contribution is -2.36. The Kier molecular flexibility index (Phi) is 7.68. The Morgan fingerprint density at radius 2 is 1.71 bits per heavy atom. The number of ether oxygens (including phenoxy) is 1. The number of hydrogen-bond acceptors (Lipinski definition) is 4. The van der Waals surface area contributed by atoms with Crippen molar-refractivity contribution in [3.05, 3.63) is 71.3 Å². The second-order valence-electron chi connectivity index (χ2n) is 8.03. The molecule has 0 N–H and O–H groups in total. The van der Waals surface area contributed by atoms with Gasteiger partial charge < -0.3 is 4.74 Å². The van der Waals surface area contributed by atoms with Crippen LogP contribution >= 0.6 is 0 Å². The largest absolute Gasteiger partial charge is 0.497 e. The molecule has 0 saturated carbocycles. The summed E-state index contributed by atoms with van der Waals surface area (Å²) < 4.78 is 33.4. The van der Waals surface area contributed by atoms with E-state index in [0.29, 0.717) is 23.3 Å². The van der Waals surface area contributed by atoms with E-state index < -0.39 is 10.0 Å². The average molecular weight is 442 g/mol. The van der Waals surface area contributed by atoms with Crippen molar-refractivity contribution in [2.75, 3.05) is 13.7 Å². The van der Waals surface area contributed by atoms with Crippen molar-refractivity contribution >= 4 is 15.8 Å². The normalized spacial score (nSPS) is 16.9. The van der Waals surface area contributed by atoms with Crippen LogP contribution < -0.4 is 4.74 Å². The second kappa shape index (κ2) is 10.2. The first kappa shape index (κ1) is 23.2. The average Bonchev–Trinajstić information content (AvgIpc) is 3.22. The first-order valence-electron chi connectivity index (χ1n) is 10.8. The number of nitrogens with zero attached hydrogens (tertiary/aromatic N) is 1. The summed E-state index contributed by atoms with van der Waals surface area (Å²) in [6.07, 6.45) is 6.79. The van der Waals surface area contributed by atoms with Gasteiger partial charge in [0.15, 0.2) is 5.78 Å². The molecule has 0 radical (unpaired) electrons. The van der Waals surface area contributed by atoms with Crippen LogP contribution in [-0.2, 0) is 10.0 Å². The fourth-order valence-corrected chi connectivity index (χ4v) is 5.43. The van der Waals surface area contributed by atoms with Crippen LogP contribution in [0.2, 0.25) is 0 Å². The van der Waals surface area contributed by atoms with Gasteiger partial charge in [0.1, 0.15) is 5.75 Å². The van der Waals surface area contributed by atoms with Crippen molar-refractivity contribution in [1.82, 2.24) is 4.31 Å². The van der Waals surface area contributed by atoms with E-state index in [1.54, 1.807) is 55.6 Å². The number of methoxy groups -OCH3 is 1. The minimum Gasteiger partial charge on any atom is -0.497 e. The summed E-state index contributed by atoms with van der Waals surface area (Å²) in [5.41, 5.74) is 2.07. The van der Waals surface area contributed by atoms with Gasteiger partial charge in [-0.15, -0.1) is 0 Å². The van der Waals surface area contributed by atoms with Gasteiger partial charge >= 0.3 is 0 Å². The van der Waals surface area contributed by atoms with Crippen molar-refractivity contribution in [2.24, 2.45) is 0 Å². The van der Waals surface area contributed by atoms with E-state index in [-0.39, 0.29) is 23.3 Å². The molecule has 0 fully saturated rings. The van der Waals surface area contributed by atoms with Crippen LogP contribution in [0.15, 0.2) is 65.1 Å². The molecular weight excluding hydrogens is 410 g/mol. The lowest BCUT2D eigenvalue weighted by Gasteiger charge is -2.24. The molecule has 0 amide bonds. The monoisotopic (exact) mass is 441 g/mol. The summed E-state index contributed by atoms with van der Waals surface area (Å²) in [5, 5.41) is 0. The Bertz CT molecular complexity index is 1020. The molecule has 166 valence electrons. The smallest absolute Gasteiger partial charge is 0.243 e. The summed E-state index contributed by atoms with van der Waals surface area (Å²) in [6.45, 7) is 4.17. The molecule has 0 bridgehead atoms. The molecule has 5 nitrogen and oxygen atoms in total. The van der Waals surface area contributed by atoms with Crippen LogP contribution in [-0.4, -0.2) is 38.2 Å². The van der Waals surface area contributed by atoms with Crippen LogP contribution in [0.4, 0.5) is 0 Å². The van der Waals surface area contributed by atoms with Crippen molar-refractivity contribution < 1.29 is 17.9 Å². The Morgan fingerprint density at radius 3 is 2.32 bits per heavy atom. The fourth-order valence-electron chi connectivity index (χ4n) is 3.84. The molecule has 31 heavy (non-hydrogen) atoms. The van der Waals surface area contributed by atoms with Crippen LogP contribution in [0.1, 0.15) is 54.9 Å². The van der Waals surface area contributed by atoms with E-state index >= 15 is 0 Å². The van der Waals surface area contributed by atoms with Crippen LogP contribution in [0.5, 0.6) is 5.75 Å². The Hall–Kier alpha value is -2.44. The number of ketones is 1. The Balaban J connectivity index is 1.86. The van der Waals surface area contributed by atoms with E-state index in [2.05, 4.69) is 6.92 Å². The third-order valence-corrected chi connectivity index (χ3v) is 7.60. The number of Topliss-reactive ketones (excluding diaryl/α,β-unsaturated/α-hetero) is 1. The minimum atomic E-state index is -3.70. The zero-order valence-electron chi connectivity index (χ0n) is 18.5. The predicted molar refractivity (Wildman–Crippen MR) is 123 cm³/mol. The predicted octanol–water partition coefficient (Wildman–Crippen LogP) is 5.16. The molecule has 0 aromatic heterocycles. The van der Waals surface area contributed by atoms with Gasteiger partial charge in [-0.1, -0.05) is 56.4 Å². The zero-order chi connectivity index (χ0) is 22.4. The van der Waals surface area contributed by atoms with Gasteiger partial charge in [-0.3, -0.25) is 4.79 Å². The van der Waals surface area contributed by atoms with Gasteiger partial charge in [0.2, 0.25) is 10.0 Å². The quantitative estimate of drug-likeness (QED) is 0.378. The van der Waals surface area contributed by atoms with E-state index in [0.717, 1.165) is 31.2 Å². The summed E-state index contributed by atoms with van der Waals surface area (Å²) in [5.74, 6) is 0.539. The number of sulfonamides is 1. The lowest BCUT2D eigenvalue weighted by atomic mass is 10.0. The highest BCUT2D eigenvalue weighted by Gasteiger charge is 2.37. The Labute approximate surface area is 185 Å². The zero-order valence-corrected chi connectivity index (χ0v) is 19.3. The summed E-state index contributed by atoms with van der Waals surface area (Å²) in [6, 6.07) is 13.5. The number of hydrogen-bond donors (Lipinski definition) is 0. The first-order valence-corrected chi connectivity index (χ1v) is 12.3. The first-order chi connectivity index (χ1) is 14.9. The van der Waals surface area contributed by atoms with Gasteiger partial charge in [0, 0.05) is 23.7 Å². The molecule has 1 heterocycles. The summed E-state index contributed by atoms with van der Waals surface area (Å²) >= 11 is 0. The highest BCUT2D eigenvalue weighted by molar-refractivity contribution is 7.89. The summed E-state index contributed by atoms with van der Waals surface area (Å²) in [7, 11) is -2.12. The molecule has 1 aliphatic heterocycles. The molecule has 0 saturated heterocycles. The molecule has 3 rings (SSSR count). The third kappa shape index (κ3) is 5.43. The number of rotatable bonds is 10.